The van der Waals surface area contributed by atoms with Crippen LogP contribution in [-0.2, 0) is 13.0 Å². The van der Waals surface area contributed by atoms with Gasteiger partial charge in [0.1, 0.15) is 11.4 Å². The van der Waals surface area contributed by atoms with Crippen molar-refractivity contribution in [2.75, 3.05) is 0 Å². The van der Waals surface area contributed by atoms with Gasteiger partial charge >= 0.3 is 5.76 Å². The van der Waals surface area contributed by atoms with Crippen molar-refractivity contribution in [3.8, 4) is 0 Å². The van der Waals surface area contributed by atoms with Crippen LogP contribution in [0.4, 0.5) is 4.39 Å². The summed E-state index contributed by atoms with van der Waals surface area (Å²) in [7, 11) is 0. The summed E-state index contributed by atoms with van der Waals surface area (Å²) in [6, 6.07) is 9.59. The number of oxazole rings is 1. The lowest BCUT2D eigenvalue weighted by Gasteiger charge is -2.16. The van der Waals surface area contributed by atoms with Crippen molar-refractivity contribution in [3.05, 3.63) is 98.2 Å². The van der Waals surface area contributed by atoms with Crippen molar-refractivity contribution in [2.45, 2.75) is 59.2 Å². The lowest BCUT2D eigenvalue weighted by Crippen LogP contribution is -2.30. The fourth-order valence-corrected chi connectivity index (χ4v) is 5.81. The Balaban J connectivity index is 1.25. The standard InChI is InChI=1S/C31H29FN6O5/c1-15(2)37-25-11-18(5-10-27(25)43-31(37)42)13-33-29(40)24-12-26(38-28(35-24)22(32)14-34-38)30(41)36-23-9-8-20-16(3)19(17(4)39)6-7-21(20)23/h5-7,10-12,14-15,23H,8-9,13H2,1-4H3,(H,33,40)(H,36,41)/t23-/m0/s1. The number of aromatic nitrogens is 4. The predicted molar refractivity (Wildman–Crippen MR) is 155 cm³/mol. The van der Waals surface area contributed by atoms with E-state index in [2.05, 4.69) is 20.7 Å². The maximum absolute atomic E-state index is 14.6. The zero-order valence-corrected chi connectivity index (χ0v) is 24.0. The van der Waals surface area contributed by atoms with Gasteiger partial charge in [-0.05, 0) is 74.9 Å². The molecule has 0 spiro atoms. The van der Waals surface area contributed by atoms with Gasteiger partial charge in [-0.3, -0.25) is 19.0 Å². The first kappa shape index (κ1) is 28.0. The van der Waals surface area contributed by atoms with E-state index >= 15 is 0 Å². The number of nitrogens with zero attached hydrogens (tertiary/aromatic N) is 4. The monoisotopic (exact) mass is 584 g/mol. The molecule has 11 nitrogen and oxygen atoms in total. The summed E-state index contributed by atoms with van der Waals surface area (Å²) in [5.74, 6) is -2.43. The molecule has 0 saturated carbocycles. The summed E-state index contributed by atoms with van der Waals surface area (Å²) < 4.78 is 22.5. The van der Waals surface area contributed by atoms with Gasteiger partial charge in [0, 0.05) is 24.2 Å². The topological polar surface area (TPSA) is 141 Å². The summed E-state index contributed by atoms with van der Waals surface area (Å²) in [6.45, 7) is 7.25. The van der Waals surface area contributed by atoms with Crippen LogP contribution in [0.2, 0.25) is 0 Å². The van der Waals surface area contributed by atoms with E-state index in [0.717, 1.165) is 27.4 Å². The molecule has 43 heavy (non-hydrogen) atoms. The van der Waals surface area contributed by atoms with Gasteiger partial charge in [-0.1, -0.05) is 18.2 Å². The number of hydrogen-bond acceptors (Lipinski definition) is 7. The van der Waals surface area contributed by atoms with Gasteiger partial charge in [0.25, 0.3) is 11.8 Å². The Morgan fingerprint density at radius 3 is 2.67 bits per heavy atom. The lowest BCUT2D eigenvalue weighted by atomic mass is 9.96. The lowest BCUT2D eigenvalue weighted by molar-refractivity contribution is 0.0927. The number of carbonyl (C=O) groups is 3. The van der Waals surface area contributed by atoms with Crippen LogP contribution in [0.15, 0.2) is 51.8 Å². The molecule has 0 saturated heterocycles. The fourth-order valence-electron chi connectivity index (χ4n) is 5.81. The number of fused-ring (bicyclic) bond motifs is 3. The minimum Gasteiger partial charge on any atom is -0.408 e. The van der Waals surface area contributed by atoms with Crippen molar-refractivity contribution < 1.29 is 23.2 Å². The Morgan fingerprint density at radius 1 is 1.14 bits per heavy atom. The van der Waals surface area contributed by atoms with Gasteiger partial charge in [-0.25, -0.2) is 18.7 Å². The second-order valence-corrected chi connectivity index (χ2v) is 11.0. The molecule has 0 bridgehead atoms. The highest BCUT2D eigenvalue weighted by molar-refractivity contribution is 5.99. The Morgan fingerprint density at radius 2 is 1.93 bits per heavy atom. The number of halogens is 1. The molecule has 3 aromatic heterocycles. The molecule has 0 aliphatic heterocycles. The smallest absolute Gasteiger partial charge is 0.408 e. The SMILES string of the molecule is CC(=O)c1ccc2c(c1C)CC[C@@H]2NC(=O)c1cc(C(=O)NCc2ccc3oc(=O)n(C(C)C)c3c2)nc2c(F)cnn12. The van der Waals surface area contributed by atoms with Crippen molar-refractivity contribution in [1.29, 1.82) is 0 Å². The van der Waals surface area contributed by atoms with E-state index in [0.29, 0.717) is 35.1 Å². The minimum absolute atomic E-state index is 0.0173. The number of nitrogens with one attached hydrogen (secondary N) is 2. The fraction of sp³-hybridized carbons (Fsp3) is 0.290. The molecule has 6 rings (SSSR count). The minimum atomic E-state index is -0.778. The molecule has 1 aliphatic rings. The zero-order valence-electron chi connectivity index (χ0n) is 24.0. The third kappa shape index (κ3) is 4.88. The molecule has 2 aromatic carbocycles. The molecule has 220 valence electrons. The molecule has 2 N–H and O–H groups in total. The second kappa shape index (κ2) is 10.6. The van der Waals surface area contributed by atoms with Crippen LogP contribution in [0.1, 0.15) is 92.9 Å². The van der Waals surface area contributed by atoms with E-state index in [1.165, 1.54) is 17.6 Å². The normalized spacial score (nSPS) is 14.4. The van der Waals surface area contributed by atoms with E-state index in [1.54, 1.807) is 24.3 Å². The first-order valence-corrected chi connectivity index (χ1v) is 13.9. The highest BCUT2D eigenvalue weighted by Gasteiger charge is 2.29. The quantitative estimate of drug-likeness (QED) is 0.273. The summed E-state index contributed by atoms with van der Waals surface area (Å²) in [4.78, 5) is 55.0. The van der Waals surface area contributed by atoms with Crippen molar-refractivity contribution >= 4 is 34.3 Å². The van der Waals surface area contributed by atoms with Crippen molar-refractivity contribution in [3.63, 3.8) is 0 Å². The van der Waals surface area contributed by atoms with Crippen LogP contribution in [0.5, 0.6) is 0 Å². The summed E-state index contributed by atoms with van der Waals surface area (Å²) in [5.41, 5.74) is 4.79. The van der Waals surface area contributed by atoms with Crippen LogP contribution in [0.3, 0.4) is 0 Å². The van der Waals surface area contributed by atoms with E-state index in [4.69, 9.17) is 4.42 Å². The molecule has 12 heteroatoms. The summed E-state index contributed by atoms with van der Waals surface area (Å²) >= 11 is 0. The third-order valence-electron chi connectivity index (χ3n) is 7.92. The molecule has 1 aliphatic carbocycles. The van der Waals surface area contributed by atoms with Gasteiger partial charge in [0.05, 0.1) is 17.8 Å². The largest absolute Gasteiger partial charge is 0.420 e. The van der Waals surface area contributed by atoms with E-state index in [-0.39, 0.29) is 41.4 Å². The molecule has 3 heterocycles. The van der Waals surface area contributed by atoms with E-state index < -0.39 is 23.4 Å². The molecule has 5 aromatic rings. The molecule has 0 radical (unpaired) electrons. The van der Waals surface area contributed by atoms with Gasteiger partial charge in [-0.2, -0.15) is 5.10 Å². The van der Waals surface area contributed by atoms with Crippen LogP contribution >= 0.6 is 0 Å². The predicted octanol–water partition coefficient (Wildman–Crippen LogP) is 4.22. The Kier molecular flexibility index (Phi) is 6.91. The number of ketones is 1. The molecule has 0 unspecified atom stereocenters. The van der Waals surface area contributed by atoms with Gasteiger partial charge < -0.3 is 15.1 Å². The van der Waals surface area contributed by atoms with E-state index in [1.807, 2.05) is 26.8 Å². The number of rotatable bonds is 7. The number of Topliss-reactive ketones (excluding diaryl/α,β-unsaturated/α-hetero) is 1. The van der Waals surface area contributed by atoms with Gasteiger partial charge in [0.2, 0.25) is 0 Å². The average molecular weight is 585 g/mol. The van der Waals surface area contributed by atoms with Gasteiger partial charge in [0.15, 0.2) is 22.8 Å². The van der Waals surface area contributed by atoms with Crippen LogP contribution in [-0.4, -0.2) is 36.8 Å². The summed E-state index contributed by atoms with van der Waals surface area (Å²) in [5, 5.41) is 9.70. The van der Waals surface area contributed by atoms with Crippen LogP contribution in [0.25, 0.3) is 16.7 Å². The molecule has 2 amide bonds. The number of benzene rings is 2. The molecule has 1 atom stereocenters. The molecular formula is C31H29FN6O5. The van der Waals surface area contributed by atoms with Crippen molar-refractivity contribution in [1.82, 2.24) is 29.8 Å². The number of amides is 2. The molecule has 0 fully saturated rings. The maximum atomic E-state index is 14.6. The van der Waals surface area contributed by atoms with Gasteiger partial charge in [-0.15, -0.1) is 0 Å². The second-order valence-electron chi connectivity index (χ2n) is 11.0. The first-order valence-electron chi connectivity index (χ1n) is 13.9. The van der Waals surface area contributed by atoms with E-state index in [9.17, 15) is 23.6 Å². The highest BCUT2D eigenvalue weighted by atomic mass is 19.1. The number of hydrogen-bond donors (Lipinski definition) is 2. The Bertz CT molecular complexity index is 2020. The Labute approximate surface area is 244 Å². The summed E-state index contributed by atoms with van der Waals surface area (Å²) in [6.07, 6.45) is 2.26. The van der Waals surface area contributed by atoms with Crippen LogP contribution in [0, 0.1) is 12.7 Å². The third-order valence-corrected chi connectivity index (χ3v) is 7.92. The van der Waals surface area contributed by atoms with Crippen LogP contribution < -0.4 is 16.4 Å². The maximum Gasteiger partial charge on any atom is 0.420 e. The zero-order chi connectivity index (χ0) is 30.6. The Hall–Kier alpha value is -5.13. The average Bonchev–Trinajstić information content (AvgIpc) is 3.65. The number of carbonyl (C=O) groups excluding carboxylic acids is 3. The van der Waals surface area contributed by atoms with Crippen molar-refractivity contribution in [2.24, 2.45) is 0 Å². The molecular weight excluding hydrogens is 555 g/mol. The first-order chi connectivity index (χ1) is 20.5. The highest BCUT2D eigenvalue weighted by Crippen LogP contribution is 2.35.